The number of carbonyl (C=O) groups is 2. The molecule has 182 valence electrons. The number of nitrogens with one attached hydrogen (secondary N) is 2. The van der Waals surface area contributed by atoms with E-state index >= 15 is 0 Å². The summed E-state index contributed by atoms with van der Waals surface area (Å²) in [6.07, 6.45) is 1.74. The molecule has 0 saturated carbocycles. The van der Waals surface area contributed by atoms with Crippen LogP contribution in [0.4, 0.5) is 4.79 Å². The van der Waals surface area contributed by atoms with Crippen molar-refractivity contribution in [3.8, 4) is 0 Å². The second kappa shape index (κ2) is 10.6. The molecule has 0 fully saturated rings. The largest absolute Gasteiger partial charge is 0.444 e. The molecule has 0 unspecified atom stereocenters. The van der Waals surface area contributed by atoms with Crippen LogP contribution in [0.5, 0.6) is 0 Å². The second-order valence-electron chi connectivity index (χ2n) is 8.98. The minimum atomic E-state index is -0.622. The van der Waals surface area contributed by atoms with Gasteiger partial charge < -0.3 is 19.9 Å². The highest BCUT2D eigenvalue weighted by molar-refractivity contribution is 7.09. The molecule has 0 radical (unpaired) electrons. The van der Waals surface area contributed by atoms with Crippen LogP contribution < -0.4 is 5.32 Å². The van der Waals surface area contributed by atoms with E-state index in [2.05, 4.69) is 25.3 Å². The number of H-pyrrole nitrogens is 1. The molecule has 4 rings (SSSR count). The van der Waals surface area contributed by atoms with Gasteiger partial charge in [-0.3, -0.25) is 9.78 Å². The van der Waals surface area contributed by atoms with Crippen LogP contribution in [0, 0.1) is 0 Å². The van der Waals surface area contributed by atoms with Gasteiger partial charge in [-0.2, -0.15) is 0 Å². The molecule has 2 amide bonds. The number of hydrogen-bond acceptors (Lipinski definition) is 7. The van der Waals surface area contributed by atoms with Gasteiger partial charge in [0.2, 0.25) is 0 Å². The fraction of sp³-hybridized carbons (Fsp3) is 0.320. The van der Waals surface area contributed by atoms with Gasteiger partial charge in [0.05, 0.1) is 34.8 Å². The Bertz CT molecular complexity index is 1260. The number of para-hydroxylation sites is 2. The van der Waals surface area contributed by atoms with E-state index in [-0.39, 0.29) is 12.5 Å². The highest BCUT2D eigenvalue weighted by atomic mass is 32.1. The van der Waals surface area contributed by atoms with Gasteiger partial charge in [0.25, 0.3) is 5.91 Å². The van der Waals surface area contributed by atoms with Crippen molar-refractivity contribution in [2.24, 2.45) is 0 Å². The molecule has 1 aromatic carbocycles. The summed E-state index contributed by atoms with van der Waals surface area (Å²) in [6, 6.07) is 13.3. The number of pyridine rings is 1. The Morgan fingerprint density at radius 3 is 2.66 bits per heavy atom. The average Bonchev–Trinajstić information content (AvgIpc) is 3.46. The van der Waals surface area contributed by atoms with Crippen molar-refractivity contribution < 1.29 is 14.3 Å². The molecule has 0 spiro atoms. The third-order valence-electron chi connectivity index (χ3n) is 4.97. The lowest BCUT2D eigenvalue weighted by molar-refractivity contribution is 0.0231. The summed E-state index contributed by atoms with van der Waals surface area (Å²) in [7, 11) is 0. The van der Waals surface area contributed by atoms with Crippen molar-refractivity contribution in [2.45, 2.75) is 45.9 Å². The Morgan fingerprint density at radius 1 is 1.11 bits per heavy atom. The van der Waals surface area contributed by atoms with Crippen molar-refractivity contribution in [2.75, 3.05) is 6.54 Å². The number of benzene rings is 1. The van der Waals surface area contributed by atoms with E-state index in [1.54, 1.807) is 16.5 Å². The third-order valence-corrected chi connectivity index (χ3v) is 5.88. The fourth-order valence-corrected chi connectivity index (χ4v) is 4.11. The SMILES string of the molecule is CC(C)(C)OC(=O)N(CCc1nc(C(=O)NCc2ccccn2)cs1)Cc1nc2ccccc2[nH]1. The number of nitrogens with zero attached hydrogens (tertiary/aromatic N) is 4. The lowest BCUT2D eigenvalue weighted by Crippen LogP contribution is -2.38. The van der Waals surface area contributed by atoms with Crippen LogP contribution in [0.25, 0.3) is 11.0 Å². The summed E-state index contributed by atoms with van der Waals surface area (Å²) < 4.78 is 5.61. The molecule has 0 aliphatic rings. The maximum atomic E-state index is 12.9. The molecule has 35 heavy (non-hydrogen) atoms. The fourth-order valence-electron chi connectivity index (χ4n) is 3.35. The molecule has 3 heterocycles. The van der Waals surface area contributed by atoms with Gasteiger partial charge >= 0.3 is 6.09 Å². The molecule has 9 nitrogen and oxygen atoms in total. The minimum absolute atomic E-state index is 0.260. The minimum Gasteiger partial charge on any atom is -0.444 e. The monoisotopic (exact) mass is 492 g/mol. The second-order valence-corrected chi connectivity index (χ2v) is 9.93. The quantitative estimate of drug-likeness (QED) is 0.379. The van der Waals surface area contributed by atoms with Crippen molar-refractivity contribution >= 4 is 34.4 Å². The van der Waals surface area contributed by atoms with Crippen molar-refractivity contribution in [3.05, 3.63) is 76.3 Å². The first-order valence-corrected chi connectivity index (χ1v) is 12.2. The maximum absolute atomic E-state index is 12.9. The standard InChI is InChI=1S/C25H28N6O3S/c1-25(2,3)34-24(33)31(15-21-28-18-9-4-5-10-19(18)29-21)13-11-22-30-20(16-35-22)23(32)27-14-17-8-6-7-12-26-17/h4-10,12,16H,11,13-15H2,1-3H3,(H,27,32)(H,28,29). The van der Waals surface area contributed by atoms with E-state index in [1.165, 1.54) is 11.3 Å². The van der Waals surface area contributed by atoms with Crippen LogP contribution in [-0.2, 0) is 24.2 Å². The molecule has 4 aromatic rings. The predicted molar refractivity (Wildman–Crippen MR) is 134 cm³/mol. The zero-order valence-corrected chi connectivity index (χ0v) is 20.8. The predicted octanol–water partition coefficient (Wildman–Crippen LogP) is 4.32. The lowest BCUT2D eigenvalue weighted by atomic mass is 10.2. The van der Waals surface area contributed by atoms with Crippen molar-refractivity contribution in [1.82, 2.24) is 30.2 Å². The first-order valence-electron chi connectivity index (χ1n) is 11.3. The van der Waals surface area contributed by atoms with Crippen LogP contribution in [0.2, 0.25) is 0 Å². The molecular formula is C25H28N6O3S. The average molecular weight is 493 g/mol. The molecule has 0 atom stereocenters. The third kappa shape index (κ3) is 6.86. The molecular weight excluding hydrogens is 464 g/mol. The zero-order chi connectivity index (χ0) is 24.8. The number of aromatic amines is 1. The zero-order valence-electron chi connectivity index (χ0n) is 19.9. The van der Waals surface area contributed by atoms with Crippen LogP contribution in [0.1, 0.15) is 47.8 Å². The number of amides is 2. The Kier molecular flexibility index (Phi) is 7.40. The van der Waals surface area contributed by atoms with Gasteiger partial charge in [-0.25, -0.2) is 14.8 Å². The van der Waals surface area contributed by atoms with Crippen LogP contribution in [0.3, 0.4) is 0 Å². The van der Waals surface area contributed by atoms with E-state index in [0.717, 1.165) is 21.7 Å². The number of hydrogen-bond donors (Lipinski definition) is 2. The van der Waals surface area contributed by atoms with E-state index in [1.807, 2.05) is 63.2 Å². The van der Waals surface area contributed by atoms with Crippen LogP contribution >= 0.6 is 11.3 Å². The van der Waals surface area contributed by atoms with Crippen molar-refractivity contribution in [1.29, 1.82) is 0 Å². The number of fused-ring (bicyclic) bond motifs is 1. The smallest absolute Gasteiger partial charge is 0.410 e. The summed E-state index contributed by atoms with van der Waals surface area (Å²) in [4.78, 5) is 43.5. The van der Waals surface area contributed by atoms with Crippen LogP contribution in [-0.4, -0.2) is 49.0 Å². The van der Waals surface area contributed by atoms with E-state index in [0.29, 0.717) is 31.0 Å². The molecule has 3 aromatic heterocycles. The number of thiazole rings is 1. The molecule has 2 N–H and O–H groups in total. The topological polar surface area (TPSA) is 113 Å². The number of carbonyl (C=O) groups excluding carboxylic acids is 2. The van der Waals surface area contributed by atoms with Gasteiger partial charge in [0.15, 0.2) is 0 Å². The molecule has 0 aliphatic carbocycles. The Hall–Kier alpha value is -3.79. The molecule has 10 heteroatoms. The summed E-state index contributed by atoms with van der Waals surface area (Å²) in [6.45, 7) is 6.47. The molecule has 0 aliphatic heterocycles. The van der Waals surface area contributed by atoms with Gasteiger partial charge in [-0.05, 0) is 45.0 Å². The van der Waals surface area contributed by atoms with Crippen molar-refractivity contribution in [3.63, 3.8) is 0 Å². The van der Waals surface area contributed by atoms with Gasteiger partial charge in [-0.1, -0.05) is 18.2 Å². The lowest BCUT2D eigenvalue weighted by Gasteiger charge is -2.26. The normalized spacial score (nSPS) is 11.4. The van der Waals surface area contributed by atoms with E-state index < -0.39 is 11.7 Å². The summed E-state index contributed by atoms with van der Waals surface area (Å²) in [5, 5.41) is 5.31. The number of imidazole rings is 1. The van der Waals surface area contributed by atoms with Gasteiger partial charge in [0.1, 0.15) is 17.1 Å². The number of rotatable bonds is 8. The summed E-state index contributed by atoms with van der Waals surface area (Å²) >= 11 is 1.39. The Morgan fingerprint density at radius 2 is 1.91 bits per heavy atom. The first-order chi connectivity index (χ1) is 16.8. The molecule has 0 bridgehead atoms. The highest BCUT2D eigenvalue weighted by Crippen LogP contribution is 2.17. The Balaban J connectivity index is 1.40. The Labute approximate surface area is 207 Å². The van der Waals surface area contributed by atoms with Gasteiger partial charge in [0, 0.05) is 24.5 Å². The summed E-state index contributed by atoms with van der Waals surface area (Å²) in [5.41, 5.74) is 2.25. The first kappa shape index (κ1) is 24.3. The number of aromatic nitrogens is 4. The van der Waals surface area contributed by atoms with E-state index in [9.17, 15) is 9.59 Å². The molecule has 0 saturated heterocycles. The van der Waals surface area contributed by atoms with Crippen LogP contribution in [0.15, 0.2) is 54.0 Å². The number of ether oxygens (including phenoxy) is 1. The van der Waals surface area contributed by atoms with Gasteiger partial charge in [-0.15, -0.1) is 11.3 Å². The van der Waals surface area contributed by atoms with E-state index in [4.69, 9.17) is 4.74 Å². The summed E-state index contributed by atoms with van der Waals surface area (Å²) in [5.74, 6) is 0.412. The maximum Gasteiger partial charge on any atom is 0.410 e. The highest BCUT2D eigenvalue weighted by Gasteiger charge is 2.24.